The van der Waals surface area contributed by atoms with Gasteiger partial charge in [-0.15, -0.1) is 0 Å². The largest absolute Gasteiger partial charge is 0.497 e. The van der Waals surface area contributed by atoms with E-state index >= 15 is 0 Å². The van der Waals surface area contributed by atoms with Crippen LogP contribution in [0.25, 0.3) is 11.0 Å². The van der Waals surface area contributed by atoms with Crippen LogP contribution < -0.4 is 15.7 Å². The van der Waals surface area contributed by atoms with Crippen molar-refractivity contribution in [3.8, 4) is 5.75 Å². The minimum absolute atomic E-state index is 0.00777. The molecule has 3 aromatic rings. The fraction of sp³-hybridized carbons (Fsp3) is 0.158. The summed E-state index contributed by atoms with van der Waals surface area (Å²) in [6, 6.07) is 10.5. The number of hydrogen-bond acceptors (Lipinski definition) is 4. The van der Waals surface area contributed by atoms with Gasteiger partial charge in [-0.1, -0.05) is 18.2 Å². The highest BCUT2D eigenvalue weighted by Gasteiger charge is 2.32. The molecular weight excluding hydrogens is 363 g/mol. The van der Waals surface area contributed by atoms with Crippen molar-refractivity contribution in [3.63, 3.8) is 0 Å². The van der Waals surface area contributed by atoms with E-state index in [4.69, 9.17) is 9.15 Å². The molecule has 3 rings (SSSR count). The standard InChI is InChI=1S/C19H14F3NO4/c1-26-12-6-7-13-14(9-17(24)27-16(13)8-12)18(25)23-10-11-4-2-3-5-15(11)19(20,21)22/h2-9H,10H2,1H3,(H,23,25). The Morgan fingerprint density at radius 1 is 1.15 bits per heavy atom. The number of amides is 1. The van der Waals surface area contributed by atoms with E-state index in [1.807, 2.05) is 0 Å². The van der Waals surface area contributed by atoms with E-state index in [0.717, 1.165) is 12.1 Å². The smallest absolute Gasteiger partial charge is 0.416 e. The van der Waals surface area contributed by atoms with Crippen molar-refractivity contribution in [1.82, 2.24) is 5.32 Å². The summed E-state index contributed by atoms with van der Waals surface area (Å²) >= 11 is 0. The second kappa shape index (κ2) is 7.14. The molecule has 5 nitrogen and oxygen atoms in total. The van der Waals surface area contributed by atoms with Gasteiger partial charge in [-0.3, -0.25) is 4.79 Å². The lowest BCUT2D eigenvalue weighted by molar-refractivity contribution is -0.138. The number of nitrogens with one attached hydrogen (secondary N) is 1. The first-order chi connectivity index (χ1) is 12.8. The molecule has 27 heavy (non-hydrogen) atoms. The summed E-state index contributed by atoms with van der Waals surface area (Å²) < 4.78 is 49.3. The molecule has 0 fully saturated rings. The number of ether oxygens (including phenoxy) is 1. The highest BCUT2D eigenvalue weighted by atomic mass is 19.4. The maximum absolute atomic E-state index is 13.1. The van der Waals surface area contributed by atoms with Gasteiger partial charge in [0.2, 0.25) is 0 Å². The lowest BCUT2D eigenvalue weighted by Gasteiger charge is -2.13. The Hall–Kier alpha value is -3.29. The SMILES string of the molecule is COc1ccc2c(C(=O)NCc3ccccc3C(F)(F)F)cc(=O)oc2c1. The van der Waals surface area contributed by atoms with Gasteiger partial charge >= 0.3 is 11.8 Å². The monoisotopic (exact) mass is 377 g/mol. The van der Waals surface area contributed by atoms with Crippen molar-refractivity contribution in [1.29, 1.82) is 0 Å². The van der Waals surface area contributed by atoms with Gasteiger partial charge in [-0.05, 0) is 23.8 Å². The van der Waals surface area contributed by atoms with Crippen LogP contribution in [0.15, 0.2) is 57.7 Å². The fourth-order valence-electron chi connectivity index (χ4n) is 2.68. The molecule has 0 bridgehead atoms. The molecule has 0 aliphatic rings. The zero-order valence-corrected chi connectivity index (χ0v) is 14.1. The van der Waals surface area contributed by atoms with E-state index < -0.39 is 23.3 Å². The predicted molar refractivity (Wildman–Crippen MR) is 91.7 cm³/mol. The highest BCUT2D eigenvalue weighted by Crippen LogP contribution is 2.31. The van der Waals surface area contributed by atoms with Crippen LogP contribution in [0.1, 0.15) is 21.5 Å². The second-order valence-corrected chi connectivity index (χ2v) is 5.68. The van der Waals surface area contributed by atoms with Gasteiger partial charge in [0.05, 0.1) is 18.2 Å². The number of rotatable bonds is 4. The van der Waals surface area contributed by atoms with Gasteiger partial charge < -0.3 is 14.5 Å². The van der Waals surface area contributed by atoms with Crippen molar-refractivity contribution in [3.05, 3.63) is 75.6 Å². The quantitative estimate of drug-likeness (QED) is 0.703. The van der Waals surface area contributed by atoms with Crippen molar-refractivity contribution in [2.24, 2.45) is 0 Å². The first-order valence-electron chi connectivity index (χ1n) is 7.85. The molecule has 8 heteroatoms. The van der Waals surface area contributed by atoms with Gasteiger partial charge in [0, 0.05) is 24.1 Å². The number of hydrogen-bond donors (Lipinski definition) is 1. The molecule has 0 radical (unpaired) electrons. The van der Waals surface area contributed by atoms with Crippen LogP contribution >= 0.6 is 0 Å². The molecule has 0 saturated heterocycles. The number of carbonyl (C=O) groups excluding carboxylic acids is 1. The summed E-state index contributed by atoms with van der Waals surface area (Å²) in [6.07, 6.45) is -4.53. The van der Waals surface area contributed by atoms with Gasteiger partial charge in [-0.25, -0.2) is 4.79 Å². The summed E-state index contributed by atoms with van der Waals surface area (Å²) in [6.45, 7) is -0.341. The lowest BCUT2D eigenvalue weighted by atomic mass is 10.1. The highest BCUT2D eigenvalue weighted by molar-refractivity contribution is 6.05. The Labute approximate surface area is 151 Å². The molecule has 2 aromatic carbocycles. The van der Waals surface area contributed by atoms with Gasteiger partial charge in [-0.2, -0.15) is 13.2 Å². The van der Waals surface area contributed by atoms with Crippen LogP contribution in [0.4, 0.5) is 13.2 Å². The number of methoxy groups -OCH3 is 1. The summed E-state index contributed by atoms with van der Waals surface area (Å²) in [5.41, 5.74) is -1.51. The third-order valence-corrected chi connectivity index (χ3v) is 3.96. The Balaban J connectivity index is 1.91. The predicted octanol–water partition coefficient (Wildman–Crippen LogP) is 3.75. The number of alkyl halides is 3. The van der Waals surface area contributed by atoms with Crippen LogP contribution in [0.5, 0.6) is 5.75 Å². The van der Waals surface area contributed by atoms with E-state index in [1.54, 1.807) is 6.07 Å². The van der Waals surface area contributed by atoms with Crippen LogP contribution in [0.3, 0.4) is 0 Å². The lowest BCUT2D eigenvalue weighted by Crippen LogP contribution is -2.25. The average Bonchev–Trinajstić information content (AvgIpc) is 2.64. The molecule has 140 valence electrons. The zero-order valence-electron chi connectivity index (χ0n) is 14.1. The van der Waals surface area contributed by atoms with Crippen molar-refractivity contribution in [2.75, 3.05) is 7.11 Å². The van der Waals surface area contributed by atoms with Crippen LogP contribution in [0, 0.1) is 0 Å². The van der Waals surface area contributed by atoms with E-state index in [9.17, 15) is 22.8 Å². The molecule has 1 amide bonds. The molecule has 0 spiro atoms. The Kier molecular flexibility index (Phi) is 4.89. The molecule has 1 heterocycles. The first-order valence-corrected chi connectivity index (χ1v) is 7.85. The fourth-order valence-corrected chi connectivity index (χ4v) is 2.68. The maximum Gasteiger partial charge on any atom is 0.416 e. The zero-order chi connectivity index (χ0) is 19.6. The van der Waals surface area contributed by atoms with Crippen LogP contribution in [-0.4, -0.2) is 13.0 Å². The molecule has 0 aliphatic heterocycles. The molecule has 0 aliphatic carbocycles. The Morgan fingerprint density at radius 2 is 1.89 bits per heavy atom. The van der Waals surface area contributed by atoms with E-state index in [1.165, 1.54) is 37.4 Å². The Morgan fingerprint density at radius 3 is 2.59 bits per heavy atom. The van der Waals surface area contributed by atoms with Gasteiger partial charge in [0.15, 0.2) is 0 Å². The topological polar surface area (TPSA) is 68.5 Å². The van der Waals surface area contributed by atoms with Crippen molar-refractivity contribution >= 4 is 16.9 Å². The number of fused-ring (bicyclic) bond motifs is 1. The van der Waals surface area contributed by atoms with Crippen molar-refractivity contribution in [2.45, 2.75) is 12.7 Å². The molecular formula is C19H14F3NO4. The summed E-state index contributed by atoms with van der Waals surface area (Å²) in [4.78, 5) is 24.2. The van der Waals surface area contributed by atoms with E-state index in [2.05, 4.69) is 5.32 Å². The third-order valence-electron chi connectivity index (χ3n) is 3.96. The third kappa shape index (κ3) is 3.94. The summed E-state index contributed by atoms with van der Waals surface area (Å²) in [7, 11) is 1.44. The molecule has 0 unspecified atom stereocenters. The van der Waals surface area contributed by atoms with Gasteiger partial charge in [0.25, 0.3) is 5.91 Å². The minimum atomic E-state index is -4.53. The number of halogens is 3. The minimum Gasteiger partial charge on any atom is -0.497 e. The van der Waals surface area contributed by atoms with Gasteiger partial charge in [0.1, 0.15) is 11.3 Å². The number of benzene rings is 2. The number of carbonyl (C=O) groups is 1. The van der Waals surface area contributed by atoms with E-state index in [0.29, 0.717) is 11.1 Å². The molecule has 0 saturated carbocycles. The molecule has 1 N–H and O–H groups in total. The molecule has 0 atom stereocenters. The van der Waals surface area contributed by atoms with Crippen LogP contribution in [0.2, 0.25) is 0 Å². The maximum atomic E-state index is 13.1. The van der Waals surface area contributed by atoms with Crippen molar-refractivity contribution < 1.29 is 27.1 Å². The van der Waals surface area contributed by atoms with E-state index in [-0.39, 0.29) is 23.3 Å². The first kappa shape index (κ1) is 18.5. The average molecular weight is 377 g/mol. The second-order valence-electron chi connectivity index (χ2n) is 5.68. The summed E-state index contributed by atoms with van der Waals surface area (Å²) in [5.74, 6) is -0.252. The molecule has 1 aromatic heterocycles. The van der Waals surface area contributed by atoms with Crippen LogP contribution in [-0.2, 0) is 12.7 Å². The normalized spacial score (nSPS) is 11.4. The Bertz CT molecular complexity index is 1060. The summed E-state index contributed by atoms with van der Waals surface area (Å²) in [5, 5.41) is 2.77.